The molecule has 130 valence electrons. The minimum absolute atomic E-state index is 0.0743. The van der Waals surface area contributed by atoms with Crippen molar-refractivity contribution in [3.8, 4) is 0 Å². The van der Waals surface area contributed by atoms with E-state index in [-0.39, 0.29) is 5.91 Å². The van der Waals surface area contributed by atoms with E-state index in [1.807, 2.05) is 36.6 Å². The zero-order chi connectivity index (χ0) is 18.0. The second kappa shape index (κ2) is 7.24. The van der Waals surface area contributed by atoms with Crippen molar-refractivity contribution in [1.29, 1.82) is 0 Å². The Hall–Kier alpha value is -2.39. The van der Waals surface area contributed by atoms with E-state index in [1.54, 1.807) is 11.8 Å². The molecule has 2 heterocycles. The summed E-state index contributed by atoms with van der Waals surface area (Å²) in [6.07, 6.45) is 0. The van der Waals surface area contributed by atoms with Crippen LogP contribution in [0.3, 0.4) is 0 Å². The third-order valence-corrected chi connectivity index (χ3v) is 5.37. The lowest BCUT2D eigenvalue weighted by atomic mass is 10.2. The highest BCUT2D eigenvalue weighted by atomic mass is 32.2. The fourth-order valence-electron chi connectivity index (χ4n) is 2.17. The number of amides is 1. The second-order valence-corrected chi connectivity index (χ2v) is 7.28. The number of thioether (sulfide) groups is 1. The number of aromatic nitrogens is 4. The van der Waals surface area contributed by atoms with Gasteiger partial charge in [0.05, 0.1) is 11.4 Å². The van der Waals surface area contributed by atoms with Crippen molar-refractivity contribution >= 4 is 39.8 Å². The molecule has 25 heavy (non-hydrogen) atoms. The summed E-state index contributed by atoms with van der Waals surface area (Å²) in [6, 6.07) is 7.80. The molecule has 0 unspecified atom stereocenters. The number of benzene rings is 1. The fraction of sp³-hybridized carbons (Fsp3) is 0.250. The Morgan fingerprint density at radius 1 is 1.28 bits per heavy atom. The van der Waals surface area contributed by atoms with Crippen LogP contribution in [0.2, 0.25) is 0 Å². The molecular formula is C16H18N6OS2. The number of nitrogen functional groups attached to an aromatic ring is 1. The monoisotopic (exact) mass is 374 g/mol. The quantitative estimate of drug-likeness (QED) is 0.545. The van der Waals surface area contributed by atoms with Gasteiger partial charge in [-0.05, 0) is 26.0 Å². The summed E-state index contributed by atoms with van der Waals surface area (Å²) < 4.78 is 1.45. The molecule has 0 fully saturated rings. The van der Waals surface area contributed by atoms with Crippen LogP contribution in [-0.4, -0.2) is 25.8 Å². The highest BCUT2D eigenvalue weighted by molar-refractivity contribution is 7.98. The molecule has 0 aliphatic heterocycles. The minimum atomic E-state index is -0.0743. The molecule has 0 aliphatic carbocycles. The first-order chi connectivity index (χ1) is 12.0. The number of carbonyl (C=O) groups excluding carboxylic acids is 1. The number of hydrogen-bond donors (Lipinski definition) is 1. The minimum Gasteiger partial charge on any atom is -0.336 e. The Bertz CT molecular complexity index is 886. The van der Waals surface area contributed by atoms with Gasteiger partial charge in [0.15, 0.2) is 5.13 Å². The topological polar surface area (TPSA) is 89.9 Å². The number of nitrogens with zero attached hydrogens (tertiary/aromatic N) is 5. The van der Waals surface area contributed by atoms with Gasteiger partial charge in [-0.15, -0.1) is 21.5 Å². The number of thiazole rings is 1. The number of carbonyl (C=O) groups is 1. The SMILES string of the molecule is CC(=O)N(c1ccc(C)cc1)c1nc(CSc2nnc(C)n2N)cs1. The van der Waals surface area contributed by atoms with Gasteiger partial charge in [0.2, 0.25) is 11.1 Å². The molecule has 0 radical (unpaired) electrons. The standard InChI is InChI=1S/C16H18N6OS2/c1-10-4-6-14(7-5-10)21(12(3)23)15-18-13(8-24-15)9-25-16-20-19-11(2)22(16)17/h4-8H,9,17H2,1-3H3. The van der Waals surface area contributed by atoms with Gasteiger partial charge in [0.25, 0.3) is 0 Å². The van der Waals surface area contributed by atoms with Crippen molar-refractivity contribution in [2.45, 2.75) is 31.7 Å². The summed E-state index contributed by atoms with van der Waals surface area (Å²) in [7, 11) is 0. The maximum atomic E-state index is 12.1. The van der Waals surface area contributed by atoms with Crippen LogP contribution in [0.1, 0.15) is 24.0 Å². The van der Waals surface area contributed by atoms with Gasteiger partial charge in [0, 0.05) is 18.1 Å². The molecule has 2 N–H and O–H groups in total. The van der Waals surface area contributed by atoms with Crippen LogP contribution in [0.4, 0.5) is 10.8 Å². The van der Waals surface area contributed by atoms with Gasteiger partial charge in [-0.25, -0.2) is 9.66 Å². The van der Waals surface area contributed by atoms with Crippen LogP contribution >= 0.6 is 23.1 Å². The van der Waals surface area contributed by atoms with E-state index in [4.69, 9.17) is 5.84 Å². The van der Waals surface area contributed by atoms with Crippen molar-refractivity contribution < 1.29 is 4.79 Å². The van der Waals surface area contributed by atoms with Crippen LogP contribution in [0.25, 0.3) is 0 Å². The summed E-state index contributed by atoms with van der Waals surface area (Å²) in [5.41, 5.74) is 2.82. The van der Waals surface area contributed by atoms with Crippen LogP contribution in [0, 0.1) is 13.8 Å². The first-order valence-corrected chi connectivity index (χ1v) is 9.44. The van der Waals surface area contributed by atoms with Crippen LogP contribution < -0.4 is 10.7 Å². The lowest BCUT2D eigenvalue weighted by molar-refractivity contribution is -0.115. The highest BCUT2D eigenvalue weighted by Gasteiger charge is 2.18. The van der Waals surface area contributed by atoms with E-state index in [0.29, 0.717) is 21.9 Å². The predicted octanol–water partition coefficient (Wildman–Crippen LogP) is 3.04. The molecule has 0 saturated heterocycles. The second-order valence-electron chi connectivity index (χ2n) is 5.50. The van der Waals surface area contributed by atoms with Crippen LogP contribution in [0.5, 0.6) is 0 Å². The molecule has 7 nitrogen and oxygen atoms in total. The van der Waals surface area contributed by atoms with Crippen LogP contribution in [-0.2, 0) is 10.5 Å². The summed E-state index contributed by atoms with van der Waals surface area (Å²) >= 11 is 2.89. The Morgan fingerprint density at radius 3 is 2.60 bits per heavy atom. The summed E-state index contributed by atoms with van der Waals surface area (Å²) in [6.45, 7) is 5.35. The fourth-order valence-corrected chi connectivity index (χ4v) is 3.96. The van der Waals surface area contributed by atoms with Gasteiger partial charge in [-0.1, -0.05) is 29.5 Å². The number of nitrogens with two attached hydrogens (primary N) is 1. The lowest BCUT2D eigenvalue weighted by Gasteiger charge is -2.18. The maximum absolute atomic E-state index is 12.1. The first kappa shape index (κ1) is 17.4. The average molecular weight is 374 g/mol. The molecule has 0 saturated carbocycles. The molecule has 1 aromatic carbocycles. The Morgan fingerprint density at radius 2 is 2.00 bits per heavy atom. The maximum Gasteiger partial charge on any atom is 0.230 e. The van der Waals surface area contributed by atoms with E-state index >= 15 is 0 Å². The van der Waals surface area contributed by atoms with E-state index in [9.17, 15) is 4.79 Å². The van der Waals surface area contributed by atoms with Gasteiger partial charge in [-0.3, -0.25) is 9.69 Å². The van der Waals surface area contributed by atoms with E-state index < -0.39 is 0 Å². The summed E-state index contributed by atoms with van der Waals surface area (Å²) in [5, 5.41) is 11.2. The third kappa shape index (κ3) is 3.83. The van der Waals surface area contributed by atoms with Crippen molar-refractivity contribution in [2.24, 2.45) is 0 Å². The molecule has 3 rings (SSSR count). The van der Waals surface area contributed by atoms with Gasteiger partial charge < -0.3 is 5.84 Å². The normalized spacial score (nSPS) is 10.8. The third-order valence-electron chi connectivity index (χ3n) is 3.52. The van der Waals surface area contributed by atoms with Gasteiger partial charge in [0.1, 0.15) is 5.82 Å². The lowest BCUT2D eigenvalue weighted by Crippen LogP contribution is -2.22. The smallest absolute Gasteiger partial charge is 0.230 e. The van der Waals surface area contributed by atoms with Crippen molar-refractivity contribution in [3.05, 3.63) is 46.7 Å². The molecule has 0 atom stereocenters. The van der Waals surface area contributed by atoms with Gasteiger partial charge in [-0.2, -0.15) is 0 Å². The molecule has 0 aliphatic rings. The Kier molecular flexibility index (Phi) is 5.05. The number of rotatable bonds is 5. The molecule has 0 spiro atoms. The van der Waals surface area contributed by atoms with E-state index in [1.165, 1.54) is 34.7 Å². The van der Waals surface area contributed by atoms with E-state index in [2.05, 4.69) is 15.2 Å². The van der Waals surface area contributed by atoms with Crippen LogP contribution in [0.15, 0.2) is 34.8 Å². The molecule has 0 bridgehead atoms. The largest absolute Gasteiger partial charge is 0.336 e. The van der Waals surface area contributed by atoms with Crippen molar-refractivity contribution in [3.63, 3.8) is 0 Å². The number of hydrogen-bond acceptors (Lipinski definition) is 7. The van der Waals surface area contributed by atoms with Crippen molar-refractivity contribution in [2.75, 3.05) is 10.7 Å². The molecule has 2 aromatic heterocycles. The molecule has 3 aromatic rings. The summed E-state index contributed by atoms with van der Waals surface area (Å²) in [5.74, 6) is 7.03. The van der Waals surface area contributed by atoms with Crippen molar-refractivity contribution in [1.82, 2.24) is 19.9 Å². The van der Waals surface area contributed by atoms with Gasteiger partial charge >= 0.3 is 0 Å². The molecular weight excluding hydrogens is 356 g/mol. The average Bonchev–Trinajstić information content (AvgIpc) is 3.16. The number of aryl methyl sites for hydroxylation is 2. The van der Waals surface area contributed by atoms with E-state index in [0.717, 1.165) is 16.9 Å². The number of anilines is 2. The highest BCUT2D eigenvalue weighted by Crippen LogP contribution is 2.31. The predicted molar refractivity (Wildman–Crippen MR) is 101 cm³/mol. The summed E-state index contributed by atoms with van der Waals surface area (Å²) in [4.78, 5) is 18.3. The molecule has 1 amide bonds. The zero-order valence-corrected chi connectivity index (χ0v) is 15.8. The Balaban J connectivity index is 1.77. The zero-order valence-electron chi connectivity index (χ0n) is 14.1. The molecule has 9 heteroatoms. The Labute approximate surface area is 153 Å². The first-order valence-electron chi connectivity index (χ1n) is 7.57.